The Hall–Kier alpha value is -1.96. The maximum Gasteiger partial charge on any atom is 0.125 e. The molecule has 0 unspecified atom stereocenters. The van der Waals surface area contributed by atoms with Gasteiger partial charge in [0.25, 0.3) is 0 Å². The van der Waals surface area contributed by atoms with E-state index in [1.165, 1.54) is 5.56 Å². The minimum atomic E-state index is 0.129. The van der Waals surface area contributed by atoms with E-state index in [1.54, 1.807) is 7.11 Å². The van der Waals surface area contributed by atoms with Crippen LogP contribution in [0.25, 0.3) is 0 Å². The molecule has 2 nitrogen and oxygen atoms in total. The molecule has 0 saturated heterocycles. The van der Waals surface area contributed by atoms with Gasteiger partial charge in [0.05, 0.1) is 7.11 Å². The molecule has 0 heterocycles. The molecule has 0 aliphatic carbocycles. The van der Waals surface area contributed by atoms with Crippen molar-refractivity contribution in [3.05, 3.63) is 59.7 Å². The standard InChI is InChI=1S/C18H22O2/c1-18(2,3)15-9-7-10-16(12-15)20-13-14-8-5-6-11-17(14)19-4/h5-12H,13H2,1-4H3. The zero-order valence-electron chi connectivity index (χ0n) is 12.6. The molecule has 0 saturated carbocycles. The summed E-state index contributed by atoms with van der Waals surface area (Å²) in [5.74, 6) is 1.75. The first kappa shape index (κ1) is 14.4. The maximum atomic E-state index is 5.89. The first-order chi connectivity index (χ1) is 9.50. The molecule has 0 radical (unpaired) electrons. The van der Waals surface area contributed by atoms with Crippen LogP contribution in [0.4, 0.5) is 0 Å². The highest BCUT2D eigenvalue weighted by atomic mass is 16.5. The van der Waals surface area contributed by atoms with Crippen LogP contribution in [0.5, 0.6) is 11.5 Å². The molecule has 0 N–H and O–H groups in total. The van der Waals surface area contributed by atoms with Gasteiger partial charge in [0.2, 0.25) is 0 Å². The Balaban J connectivity index is 2.11. The van der Waals surface area contributed by atoms with Crippen molar-refractivity contribution >= 4 is 0 Å². The molecule has 0 spiro atoms. The van der Waals surface area contributed by atoms with E-state index in [4.69, 9.17) is 9.47 Å². The number of methoxy groups -OCH3 is 1. The summed E-state index contributed by atoms with van der Waals surface area (Å²) >= 11 is 0. The number of hydrogen-bond acceptors (Lipinski definition) is 2. The lowest BCUT2D eigenvalue weighted by atomic mass is 9.87. The molecule has 2 aromatic carbocycles. The van der Waals surface area contributed by atoms with Gasteiger partial charge in [0.15, 0.2) is 0 Å². The molecule has 0 bridgehead atoms. The van der Waals surface area contributed by atoms with Crippen LogP contribution >= 0.6 is 0 Å². The number of rotatable bonds is 4. The van der Waals surface area contributed by atoms with Gasteiger partial charge >= 0.3 is 0 Å². The second kappa shape index (κ2) is 6.00. The quantitative estimate of drug-likeness (QED) is 0.810. The van der Waals surface area contributed by atoms with Crippen LogP contribution in [0.1, 0.15) is 31.9 Å². The van der Waals surface area contributed by atoms with Crippen LogP contribution < -0.4 is 9.47 Å². The van der Waals surface area contributed by atoms with Gasteiger partial charge in [0, 0.05) is 5.56 Å². The molecule has 0 aliphatic heterocycles. The number of hydrogen-bond donors (Lipinski definition) is 0. The van der Waals surface area contributed by atoms with E-state index in [2.05, 4.69) is 32.9 Å². The molecule has 20 heavy (non-hydrogen) atoms. The SMILES string of the molecule is COc1ccccc1COc1cccc(C(C)(C)C)c1. The van der Waals surface area contributed by atoms with Crippen LogP contribution in [-0.2, 0) is 12.0 Å². The van der Waals surface area contributed by atoms with Crippen molar-refractivity contribution in [1.29, 1.82) is 0 Å². The third-order valence-electron chi connectivity index (χ3n) is 3.29. The van der Waals surface area contributed by atoms with Gasteiger partial charge < -0.3 is 9.47 Å². The van der Waals surface area contributed by atoms with Gasteiger partial charge in [0.1, 0.15) is 18.1 Å². The Morgan fingerprint density at radius 2 is 1.70 bits per heavy atom. The minimum absolute atomic E-state index is 0.129. The predicted octanol–water partition coefficient (Wildman–Crippen LogP) is 4.57. The van der Waals surface area contributed by atoms with E-state index in [9.17, 15) is 0 Å². The van der Waals surface area contributed by atoms with E-state index in [0.29, 0.717) is 6.61 Å². The Bertz CT molecular complexity index is 568. The molecule has 106 valence electrons. The summed E-state index contributed by atoms with van der Waals surface area (Å²) in [5, 5.41) is 0. The zero-order chi connectivity index (χ0) is 14.6. The average molecular weight is 270 g/mol. The van der Waals surface area contributed by atoms with E-state index in [-0.39, 0.29) is 5.41 Å². The number of ether oxygens (including phenoxy) is 2. The number of para-hydroxylation sites is 1. The lowest BCUT2D eigenvalue weighted by Crippen LogP contribution is -2.11. The summed E-state index contributed by atoms with van der Waals surface area (Å²) in [7, 11) is 1.68. The molecule has 2 rings (SSSR count). The minimum Gasteiger partial charge on any atom is -0.496 e. The molecule has 2 heteroatoms. The number of benzene rings is 2. The van der Waals surface area contributed by atoms with Gasteiger partial charge in [-0.15, -0.1) is 0 Å². The predicted molar refractivity (Wildman–Crippen MR) is 82.5 cm³/mol. The molecular formula is C18H22O2. The van der Waals surface area contributed by atoms with Gasteiger partial charge in [-0.2, -0.15) is 0 Å². The fraction of sp³-hybridized carbons (Fsp3) is 0.333. The third kappa shape index (κ3) is 3.53. The van der Waals surface area contributed by atoms with Gasteiger partial charge in [-0.05, 0) is 29.2 Å². The highest BCUT2D eigenvalue weighted by Crippen LogP contribution is 2.26. The average Bonchev–Trinajstić information content (AvgIpc) is 2.45. The van der Waals surface area contributed by atoms with Gasteiger partial charge in [-0.25, -0.2) is 0 Å². The molecule has 0 fully saturated rings. The Morgan fingerprint density at radius 3 is 2.40 bits per heavy atom. The highest BCUT2D eigenvalue weighted by Gasteiger charge is 2.14. The fourth-order valence-corrected chi connectivity index (χ4v) is 2.04. The summed E-state index contributed by atoms with van der Waals surface area (Å²) in [6.07, 6.45) is 0. The topological polar surface area (TPSA) is 18.5 Å². The maximum absolute atomic E-state index is 5.89. The lowest BCUT2D eigenvalue weighted by molar-refractivity contribution is 0.296. The van der Waals surface area contributed by atoms with Crippen LogP contribution in [-0.4, -0.2) is 7.11 Å². The third-order valence-corrected chi connectivity index (χ3v) is 3.29. The van der Waals surface area contributed by atoms with Crippen molar-refractivity contribution in [1.82, 2.24) is 0 Å². The molecule has 0 amide bonds. The van der Waals surface area contributed by atoms with E-state index in [1.807, 2.05) is 36.4 Å². The Kier molecular flexibility index (Phi) is 4.33. The van der Waals surface area contributed by atoms with Gasteiger partial charge in [-0.1, -0.05) is 51.1 Å². The zero-order valence-corrected chi connectivity index (χ0v) is 12.6. The normalized spacial score (nSPS) is 11.2. The monoisotopic (exact) mass is 270 g/mol. The summed E-state index contributed by atoms with van der Waals surface area (Å²) in [6.45, 7) is 7.11. The van der Waals surface area contributed by atoms with E-state index >= 15 is 0 Å². The van der Waals surface area contributed by atoms with Crippen LogP contribution in [0, 0.1) is 0 Å². The van der Waals surface area contributed by atoms with Crippen LogP contribution in [0.15, 0.2) is 48.5 Å². The first-order valence-electron chi connectivity index (χ1n) is 6.86. The van der Waals surface area contributed by atoms with Crippen molar-refractivity contribution in [2.75, 3.05) is 7.11 Å². The van der Waals surface area contributed by atoms with Gasteiger partial charge in [-0.3, -0.25) is 0 Å². The summed E-state index contributed by atoms with van der Waals surface area (Å²) in [5.41, 5.74) is 2.45. The van der Waals surface area contributed by atoms with E-state index < -0.39 is 0 Å². The first-order valence-corrected chi connectivity index (χ1v) is 6.86. The van der Waals surface area contributed by atoms with Crippen molar-refractivity contribution in [3.63, 3.8) is 0 Å². The molecular weight excluding hydrogens is 248 g/mol. The second-order valence-electron chi connectivity index (χ2n) is 5.88. The van der Waals surface area contributed by atoms with Crippen molar-refractivity contribution < 1.29 is 9.47 Å². The second-order valence-corrected chi connectivity index (χ2v) is 5.88. The van der Waals surface area contributed by atoms with Crippen LogP contribution in [0.3, 0.4) is 0 Å². The molecule has 0 aliphatic rings. The summed E-state index contributed by atoms with van der Waals surface area (Å²) in [4.78, 5) is 0. The molecule has 0 atom stereocenters. The van der Waals surface area contributed by atoms with Crippen molar-refractivity contribution in [2.24, 2.45) is 0 Å². The van der Waals surface area contributed by atoms with Crippen molar-refractivity contribution in [3.8, 4) is 11.5 Å². The summed E-state index contributed by atoms with van der Waals surface area (Å²) in [6, 6.07) is 16.2. The smallest absolute Gasteiger partial charge is 0.125 e. The lowest BCUT2D eigenvalue weighted by Gasteiger charge is -2.20. The van der Waals surface area contributed by atoms with E-state index in [0.717, 1.165) is 17.1 Å². The Morgan fingerprint density at radius 1 is 0.950 bits per heavy atom. The largest absolute Gasteiger partial charge is 0.496 e. The fourth-order valence-electron chi connectivity index (χ4n) is 2.04. The Labute approximate surface area is 121 Å². The summed E-state index contributed by atoms with van der Waals surface area (Å²) < 4.78 is 11.2. The van der Waals surface area contributed by atoms with Crippen LogP contribution in [0.2, 0.25) is 0 Å². The highest BCUT2D eigenvalue weighted by molar-refractivity contribution is 5.35. The van der Waals surface area contributed by atoms with Crippen molar-refractivity contribution in [2.45, 2.75) is 32.8 Å². The molecule has 2 aromatic rings. The molecule has 0 aromatic heterocycles.